The monoisotopic (exact) mass is 282 g/mol. The van der Waals surface area contributed by atoms with Gasteiger partial charge < -0.3 is 10.4 Å². The maximum Gasteiger partial charge on any atom is 0.303 e. The smallest absolute Gasteiger partial charge is 0.303 e. The van der Waals surface area contributed by atoms with Crippen molar-refractivity contribution in [3.05, 3.63) is 22.4 Å². The van der Waals surface area contributed by atoms with E-state index in [0.717, 1.165) is 17.8 Å². The van der Waals surface area contributed by atoms with E-state index in [4.69, 9.17) is 5.11 Å². The lowest BCUT2D eigenvalue weighted by molar-refractivity contribution is -0.138. The van der Waals surface area contributed by atoms with E-state index in [9.17, 15) is 9.59 Å². The molecule has 0 spiro atoms. The summed E-state index contributed by atoms with van der Waals surface area (Å²) < 4.78 is 0. The summed E-state index contributed by atoms with van der Waals surface area (Å²) in [6.45, 7) is 2.45. The van der Waals surface area contributed by atoms with Gasteiger partial charge in [-0.15, -0.1) is 11.3 Å². The van der Waals surface area contributed by atoms with Crippen LogP contribution in [-0.2, 0) is 16.1 Å². The number of thiophene rings is 1. The Morgan fingerprint density at radius 2 is 2.37 bits per heavy atom. The van der Waals surface area contributed by atoms with Crippen molar-refractivity contribution in [2.75, 3.05) is 19.6 Å². The quantitative estimate of drug-likeness (QED) is 0.821. The molecule has 0 aliphatic carbocycles. The normalized spacial score (nSPS) is 19.5. The third kappa shape index (κ3) is 4.65. The molecule has 1 amide bonds. The molecule has 0 saturated carbocycles. The van der Waals surface area contributed by atoms with Gasteiger partial charge in [0.25, 0.3) is 0 Å². The van der Waals surface area contributed by atoms with Crippen molar-refractivity contribution in [2.24, 2.45) is 5.92 Å². The highest BCUT2D eigenvalue weighted by Crippen LogP contribution is 2.18. The molecule has 2 heterocycles. The number of likely N-dealkylation sites (tertiary alicyclic amines) is 1. The van der Waals surface area contributed by atoms with E-state index in [0.29, 0.717) is 19.6 Å². The Balaban J connectivity index is 1.67. The van der Waals surface area contributed by atoms with Gasteiger partial charge >= 0.3 is 5.97 Å². The number of nitrogens with one attached hydrogen (secondary N) is 1. The van der Waals surface area contributed by atoms with Crippen LogP contribution in [0.5, 0.6) is 0 Å². The lowest BCUT2D eigenvalue weighted by atomic mass is 10.1. The van der Waals surface area contributed by atoms with Gasteiger partial charge in [-0.3, -0.25) is 14.5 Å². The number of aliphatic carboxylic acids is 1. The maximum atomic E-state index is 11.8. The van der Waals surface area contributed by atoms with Crippen LogP contribution >= 0.6 is 11.3 Å². The summed E-state index contributed by atoms with van der Waals surface area (Å²) in [5.41, 5.74) is 0. The molecule has 1 aromatic heterocycles. The molecule has 1 aliphatic heterocycles. The number of carboxylic acid groups (broad SMARTS) is 1. The summed E-state index contributed by atoms with van der Waals surface area (Å²) in [4.78, 5) is 25.5. The summed E-state index contributed by atoms with van der Waals surface area (Å²) in [6.07, 6.45) is 1.07. The van der Waals surface area contributed by atoms with Crippen LogP contribution in [0.15, 0.2) is 17.5 Å². The first-order valence-electron chi connectivity index (χ1n) is 6.36. The summed E-state index contributed by atoms with van der Waals surface area (Å²) in [5.74, 6) is -0.569. The number of carboxylic acids is 1. The molecule has 5 nitrogen and oxygen atoms in total. The average Bonchev–Trinajstić information content (AvgIpc) is 2.97. The van der Waals surface area contributed by atoms with Gasteiger partial charge in [-0.1, -0.05) is 6.07 Å². The van der Waals surface area contributed by atoms with Crippen LogP contribution in [0.25, 0.3) is 0 Å². The molecule has 1 aromatic rings. The largest absolute Gasteiger partial charge is 0.481 e. The van der Waals surface area contributed by atoms with Crippen molar-refractivity contribution in [2.45, 2.75) is 19.4 Å². The van der Waals surface area contributed by atoms with Crippen molar-refractivity contribution in [1.82, 2.24) is 10.2 Å². The minimum Gasteiger partial charge on any atom is -0.481 e. The molecule has 2 rings (SSSR count). The van der Waals surface area contributed by atoms with E-state index < -0.39 is 5.97 Å². The molecule has 0 radical (unpaired) electrons. The van der Waals surface area contributed by atoms with E-state index in [1.54, 1.807) is 11.3 Å². The summed E-state index contributed by atoms with van der Waals surface area (Å²) in [6, 6.07) is 3.95. The second kappa shape index (κ2) is 6.68. The minimum atomic E-state index is -0.756. The maximum absolute atomic E-state index is 11.8. The van der Waals surface area contributed by atoms with Crippen LogP contribution in [0.3, 0.4) is 0 Å². The lowest BCUT2D eigenvalue weighted by Crippen LogP contribution is -2.35. The number of carbonyl (C=O) groups is 2. The first-order valence-corrected chi connectivity index (χ1v) is 7.24. The zero-order valence-corrected chi connectivity index (χ0v) is 11.5. The fourth-order valence-corrected chi connectivity index (χ4v) is 2.97. The molecule has 104 valence electrons. The number of amides is 1. The molecule has 19 heavy (non-hydrogen) atoms. The Labute approximate surface area is 116 Å². The first kappa shape index (κ1) is 14.0. The molecule has 0 aromatic carbocycles. The molecule has 1 atom stereocenters. The summed E-state index contributed by atoms with van der Waals surface area (Å²) in [5, 5.41) is 13.6. The third-order valence-corrected chi connectivity index (χ3v) is 4.12. The Morgan fingerprint density at radius 3 is 3.05 bits per heavy atom. The third-order valence-electron chi connectivity index (χ3n) is 3.24. The molecular formula is C13H18N2O3S. The molecule has 6 heteroatoms. The van der Waals surface area contributed by atoms with Gasteiger partial charge in [0.2, 0.25) is 5.91 Å². The van der Waals surface area contributed by atoms with E-state index in [1.807, 2.05) is 22.4 Å². The minimum absolute atomic E-state index is 0.00405. The number of rotatable bonds is 6. The van der Waals surface area contributed by atoms with Crippen molar-refractivity contribution >= 4 is 23.2 Å². The number of carbonyl (C=O) groups excluding carboxylic acids is 1. The van der Waals surface area contributed by atoms with E-state index >= 15 is 0 Å². The zero-order valence-electron chi connectivity index (χ0n) is 10.7. The van der Waals surface area contributed by atoms with Gasteiger partial charge in [0.05, 0.1) is 13.1 Å². The number of hydrogen-bond donors (Lipinski definition) is 2. The first-order chi connectivity index (χ1) is 9.13. The second-order valence-electron chi connectivity index (χ2n) is 4.84. The number of hydrogen-bond acceptors (Lipinski definition) is 4. The number of nitrogens with zero attached hydrogens (tertiary/aromatic N) is 1. The fraction of sp³-hybridized carbons (Fsp3) is 0.538. The highest BCUT2D eigenvalue weighted by atomic mass is 32.1. The summed E-state index contributed by atoms with van der Waals surface area (Å²) in [7, 11) is 0. The van der Waals surface area contributed by atoms with Crippen LogP contribution in [0, 0.1) is 5.92 Å². The Kier molecular flexibility index (Phi) is 4.93. The average molecular weight is 282 g/mol. The highest BCUT2D eigenvalue weighted by molar-refractivity contribution is 7.09. The van der Waals surface area contributed by atoms with E-state index in [-0.39, 0.29) is 18.2 Å². The molecule has 1 saturated heterocycles. The van der Waals surface area contributed by atoms with E-state index in [2.05, 4.69) is 5.32 Å². The van der Waals surface area contributed by atoms with Crippen LogP contribution in [0.1, 0.15) is 17.7 Å². The molecule has 1 aliphatic rings. The van der Waals surface area contributed by atoms with E-state index in [1.165, 1.54) is 0 Å². The SMILES string of the molecule is O=C(O)CC1CCN(CC(=O)NCc2cccs2)C1. The van der Waals surface area contributed by atoms with Crippen LogP contribution in [0.4, 0.5) is 0 Å². The summed E-state index contributed by atoms with van der Waals surface area (Å²) >= 11 is 1.62. The van der Waals surface area contributed by atoms with Crippen LogP contribution in [-0.4, -0.2) is 41.5 Å². The Hall–Kier alpha value is -1.40. The molecular weight excluding hydrogens is 264 g/mol. The topological polar surface area (TPSA) is 69.6 Å². The predicted molar refractivity (Wildman–Crippen MR) is 73.0 cm³/mol. The van der Waals surface area contributed by atoms with Gasteiger partial charge in [0.15, 0.2) is 0 Å². The van der Waals surface area contributed by atoms with Crippen LogP contribution in [0.2, 0.25) is 0 Å². The highest BCUT2D eigenvalue weighted by Gasteiger charge is 2.25. The Bertz CT molecular complexity index is 433. The van der Waals surface area contributed by atoms with Crippen molar-refractivity contribution in [3.63, 3.8) is 0 Å². The van der Waals surface area contributed by atoms with Gasteiger partial charge in [0.1, 0.15) is 0 Å². The predicted octanol–water partition coefficient (Wildman–Crippen LogP) is 1.16. The van der Waals surface area contributed by atoms with Gasteiger partial charge in [-0.25, -0.2) is 0 Å². The second-order valence-corrected chi connectivity index (χ2v) is 5.88. The van der Waals surface area contributed by atoms with Crippen molar-refractivity contribution in [1.29, 1.82) is 0 Å². The standard InChI is InChI=1S/C13H18N2O3S/c16-12(14-7-11-2-1-5-19-11)9-15-4-3-10(8-15)6-13(17)18/h1-2,5,10H,3-4,6-9H2,(H,14,16)(H,17,18). The molecule has 2 N–H and O–H groups in total. The van der Waals surface area contributed by atoms with Gasteiger partial charge in [-0.05, 0) is 30.3 Å². The zero-order chi connectivity index (χ0) is 13.7. The fourth-order valence-electron chi connectivity index (χ4n) is 2.33. The van der Waals surface area contributed by atoms with Crippen molar-refractivity contribution in [3.8, 4) is 0 Å². The molecule has 1 fully saturated rings. The molecule has 0 bridgehead atoms. The lowest BCUT2D eigenvalue weighted by Gasteiger charge is -2.15. The van der Waals surface area contributed by atoms with Crippen molar-refractivity contribution < 1.29 is 14.7 Å². The van der Waals surface area contributed by atoms with Gasteiger partial charge in [-0.2, -0.15) is 0 Å². The van der Waals surface area contributed by atoms with Crippen LogP contribution < -0.4 is 5.32 Å². The van der Waals surface area contributed by atoms with Gasteiger partial charge in [0, 0.05) is 17.8 Å². The molecule has 1 unspecified atom stereocenters. The Morgan fingerprint density at radius 1 is 1.53 bits per heavy atom.